The SMILES string of the molecule is O=C(NC1CCCC1C(=O)O)c1cc(Cl)c(Cl)[nH]1. The number of hydrogen-bond acceptors (Lipinski definition) is 2. The summed E-state index contributed by atoms with van der Waals surface area (Å²) in [7, 11) is 0. The molecule has 2 atom stereocenters. The molecule has 18 heavy (non-hydrogen) atoms. The van der Waals surface area contributed by atoms with Gasteiger partial charge in [0.2, 0.25) is 0 Å². The van der Waals surface area contributed by atoms with Gasteiger partial charge in [0.1, 0.15) is 10.8 Å². The largest absolute Gasteiger partial charge is 0.481 e. The van der Waals surface area contributed by atoms with Crippen LogP contribution in [0.3, 0.4) is 0 Å². The van der Waals surface area contributed by atoms with Crippen LogP contribution < -0.4 is 5.32 Å². The van der Waals surface area contributed by atoms with Crippen molar-refractivity contribution in [1.82, 2.24) is 10.3 Å². The third kappa shape index (κ3) is 2.62. The van der Waals surface area contributed by atoms with E-state index in [0.717, 1.165) is 6.42 Å². The van der Waals surface area contributed by atoms with Crippen molar-refractivity contribution >= 4 is 35.1 Å². The van der Waals surface area contributed by atoms with Crippen molar-refractivity contribution in [2.24, 2.45) is 5.92 Å². The maximum Gasteiger partial charge on any atom is 0.308 e. The molecule has 1 heterocycles. The number of aromatic nitrogens is 1. The standard InChI is InChI=1S/C11H12Cl2N2O3/c12-6-4-8(14-9(6)13)10(16)15-7-3-1-2-5(7)11(17)18/h4-5,7,14H,1-3H2,(H,15,16)(H,17,18). The Morgan fingerprint density at radius 3 is 2.67 bits per heavy atom. The molecule has 5 nitrogen and oxygen atoms in total. The zero-order valence-corrected chi connectivity index (χ0v) is 10.9. The molecule has 1 aromatic rings. The molecule has 0 saturated heterocycles. The second kappa shape index (κ2) is 5.20. The van der Waals surface area contributed by atoms with E-state index >= 15 is 0 Å². The number of halogens is 2. The lowest BCUT2D eigenvalue weighted by atomic mass is 10.0. The molecule has 1 aromatic heterocycles. The summed E-state index contributed by atoms with van der Waals surface area (Å²) in [6.07, 6.45) is 2.06. The minimum atomic E-state index is -0.875. The fourth-order valence-corrected chi connectivity index (χ4v) is 2.51. The Kier molecular flexibility index (Phi) is 3.82. The van der Waals surface area contributed by atoms with Crippen LogP contribution in [0.1, 0.15) is 29.8 Å². The minimum Gasteiger partial charge on any atom is -0.481 e. The second-order valence-electron chi connectivity index (χ2n) is 4.30. The van der Waals surface area contributed by atoms with Gasteiger partial charge < -0.3 is 15.4 Å². The molecule has 1 fully saturated rings. The summed E-state index contributed by atoms with van der Waals surface area (Å²) in [5, 5.41) is 12.2. The molecule has 1 amide bonds. The predicted molar refractivity (Wildman–Crippen MR) is 67.0 cm³/mol. The van der Waals surface area contributed by atoms with Crippen LogP contribution in [0.5, 0.6) is 0 Å². The van der Waals surface area contributed by atoms with Gasteiger partial charge in [0.25, 0.3) is 5.91 Å². The van der Waals surface area contributed by atoms with E-state index in [1.807, 2.05) is 0 Å². The van der Waals surface area contributed by atoms with Gasteiger partial charge in [-0.25, -0.2) is 0 Å². The first-order chi connectivity index (χ1) is 8.49. The number of hydrogen-bond donors (Lipinski definition) is 3. The third-order valence-corrected chi connectivity index (χ3v) is 3.81. The van der Waals surface area contributed by atoms with E-state index in [1.165, 1.54) is 6.07 Å². The smallest absolute Gasteiger partial charge is 0.308 e. The van der Waals surface area contributed by atoms with Crippen LogP contribution in [0, 0.1) is 5.92 Å². The lowest BCUT2D eigenvalue weighted by Crippen LogP contribution is -2.40. The number of carboxylic acids is 1. The highest BCUT2D eigenvalue weighted by atomic mass is 35.5. The molecule has 7 heteroatoms. The maximum atomic E-state index is 11.9. The summed E-state index contributed by atoms with van der Waals surface area (Å²) in [6, 6.07) is 1.08. The van der Waals surface area contributed by atoms with Gasteiger partial charge in [0, 0.05) is 6.04 Å². The zero-order chi connectivity index (χ0) is 13.3. The van der Waals surface area contributed by atoms with Crippen molar-refractivity contribution in [2.45, 2.75) is 25.3 Å². The van der Waals surface area contributed by atoms with E-state index in [2.05, 4.69) is 10.3 Å². The maximum absolute atomic E-state index is 11.9. The highest BCUT2D eigenvalue weighted by molar-refractivity contribution is 6.41. The number of aliphatic carboxylic acids is 1. The normalized spacial score (nSPS) is 23.0. The number of carbonyl (C=O) groups is 2. The predicted octanol–water partition coefficient (Wildman–Crippen LogP) is 2.30. The molecule has 1 aliphatic rings. The molecule has 2 unspecified atom stereocenters. The number of amides is 1. The van der Waals surface area contributed by atoms with Crippen LogP contribution in [0.25, 0.3) is 0 Å². The van der Waals surface area contributed by atoms with Crippen LogP contribution in [0.2, 0.25) is 10.2 Å². The summed E-state index contributed by atoms with van der Waals surface area (Å²) in [5.74, 6) is -1.78. The average molecular weight is 291 g/mol. The molecule has 0 aromatic carbocycles. The number of carboxylic acid groups (broad SMARTS) is 1. The van der Waals surface area contributed by atoms with Gasteiger partial charge >= 0.3 is 5.97 Å². The third-order valence-electron chi connectivity index (χ3n) is 3.12. The lowest BCUT2D eigenvalue weighted by molar-refractivity contribution is -0.142. The summed E-state index contributed by atoms with van der Waals surface area (Å²) in [5.41, 5.74) is 0.237. The van der Waals surface area contributed by atoms with E-state index in [0.29, 0.717) is 12.8 Å². The van der Waals surface area contributed by atoms with Crippen molar-refractivity contribution in [3.05, 3.63) is 21.9 Å². The van der Waals surface area contributed by atoms with E-state index < -0.39 is 11.9 Å². The summed E-state index contributed by atoms with van der Waals surface area (Å²) < 4.78 is 0. The first kappa shape index (κ1) is 13.2. The molecular formula is C11H12Cl2N2O3. The Morgan fingerprint density at radius 2 is 2.11 bits per heavy atom. The minimum absolute atomic E-state index is 0.197. The van der Waals surface area contributed by atoms with Crippen molar-refractivity contribution in [3.8, 4) is 0 Å². The van der Waals surface area contributed by atoms with Crippen LogP contribution >= 0.6 is 23.2 Å². The zero-order valence-electron chi connectivity index (χ0n) is 9.37. The van der Waals surface area contributed by atoms with Crippen molar-refractivity contribution in [1.29, 1.82) is 0 Å². The number of rotatable bonds is 3. The van der Waals surface area contributed by atoms with Gasteiger partial charge in [-0.2, -0.15) is 0 Å². The number of nitrogens with one attached hydrogen (secondary N) is 2. The molecule has 3 N–H and O–H groups in total. The number of carbonyl (C=O) groups excluding carboxylic acids is 1. The van der Waals surface area contributed by atoms with E-state index in [1.54, 1.807) is 0 Å². The van der Waals surface area contributed by atoms with Gasteiger partial charge in [-0.15, -0.1) is 0 Å². The Bertz CT molecular complexity index is 467. The molecule has 1 saturated carbocycles. The molecule has 1 aliphatic carbocycles. The quantitative estimate of drug-likeness (QED) is 0.799. The van der Waals surface area contributed by atoms with E-state index in [-0.39, 0.29) is 27.8 Å². The number of aromatic amines is 1. The molecular weight excluding hydrogens is 279 g/mol. The van der Waals surface area contributed by atoms with Crippen LogP contribution in [0.4, 0.5) is 0 Å². The summed E-state index contributed by atoms with van der Waals surface area (Å²) in [4.78, 5) is 25.5. The molecule has 98 valence electrons. The van der Waals surface area contributed by atoms with Crippen LogP contribution in [-0.2, 0) is 4.79 Å². The Morgan fingerprint density at radius 1 is 1.39 bits per heavy atom. The van der Waals surface area contributed by atoms with Crippen molar-refractivity contribution in [3.63, 3.8) is 0 Å². The van der Waals surface area contributed by atoms with E-state index in [9.17, 15) is 9.59 Å². The highest BCUT2D eigenvalue weighted by Gasteiger charge is 2.34. The Hall–Kier alpha value is -1.20. The number of H-pyrrole nitrogens is 1. The highest BCUT2D eigenvalue weighted by Crippen LogP contribution is 2.27. The molecule has 0 aliphatic heterocycles. The van der Waals surface area contributed by atoms with Crippen molar-refractivity contribution in [2.75, 3.05) is 0 Å². The summed E-state index contributed by atoms with van der Waals surface area (Å²) >= 11 is 11.4. The Labute approximate surface area is 113 Å². The molecule has 0 radical (unpaired) electrons. The average Bonchev–Trinajstić information content (AvgIpc) is 2.87. The molecule has 2 rings (SSSR count). The van der Waals surface area contributed by atoms with Crippen LogP contribution in [-0.4, -0.2) is 28.0 Å². The van der Waals surface area contributed by atoms with Gasteiger partial charge in [0.05, 0.1) is 10.9 Å². The van der Waals surface area contributed by atoms with Gasteiger partial charge in [-0.05, 0) is 18.9 Å². The first-order valence-electron chi connectivity index (χ1n) is 5.56. The first-order valence-corrected chi connectivity index (χ1v) is 6.32. The Balaban J connectivity index is 2.05. The fourth-order valence-electron chi connectivity index (χ4n) is 2.20. The fraction of sp³-hybridized carbons (Fsp3) is 0.455. The van der Waals surface area contributed by atoms with Gasteiger partial charge in [-0.3, -0.25) is 9.59 Å². The van der Waals surface area contributed by atoms with Gasteiger partial charge in [-0.1, -0.05) is 29.6 Å². The monoisotopic (exact) mass is 290 g/mol. The lowest BCUT2D eigenvalue weighted by Gasteiger charge is -2.16. The van der Waals surface area contributed by atoms with Gasteiger partial charge in [0.15, 0.2) is 0 Å². The molecule has 0 spiro atoms. The van der Waals surface area contributed by atoms with E-state index in [4.69, 9.17) is 28.3 Å². The van der Waals surface area contributed by atoms with Crippen LogP contribution in [0.15, 0.2) is 6.07 Å². The van der Waals surface area contributed by atoms with Crippen molar-refractivity contribution < 1.29 is 14.7 Å². The topological polar surface area (TPSA) is 82.2 Å². The second-order valence-corrected chi connectivity index (χ2v) is 5.09. The summed E-state index contributed by atoms with van der Waals surface area (Å²) in [6.45, 7) is 0. The molecule has 0 bridgehead atoms.